The maximum atomic E-state index is 12.5. The molecule has 0 spiro atoms. The van der Waals surface area contributed by atoms with Crippen molar-refractivity contribution in [3.05, 3.63) is 47.0 Å². The third kappa shape index (κ3) is 6.13. The van der Waals surface area contributed by atoms with E-state index in [1.54, 1.807) is 0 Å². The number of methoxy groups -OCH3 is 2. The van der Waals surface area contributed by atoms with Gasteiger partial charge in [0, 0.05) is 5.69 Å². The predicted molar refractivity (Wildman–Crippen MR) is 118 cm³/mol. The van der Waals surface area contributed by atoms with Crippen molar-refractivity contribution in [2.45, 2.75) is 26.7 Å². The first-order chi connectivity index (χ1) is 15.3. The summed E-state index contributed by atoms with van der Waals surface area (Å²) in [6.07, 6.45) is 1.51. The van der Waals surface area contributed by atoms with Crippen LogP contribution in [0.15, 0.2) is 30.3 Å². The minimum Gasteiger partial charge on any atom is -0.493 e. The number of anilines is 1. The summed E-state index contributed by atoms with van der Waals surface area (Å²) in [6, 6.07) is 8.56. The van der Waals surface area contributed by atoms with Crippen molar-refractivity contribution in [2.75, 3.05) is 32.8 Å². The molecule has 0 heterocycles. The third-order valence-electron chi connectivity index (χ3n) is 4.65. The average Bonchev–Trinajstić information content (AvgIpc) is 2.80. The Morgan fingerprint density at radius 3 is 1.97 bits per heavy atom. The first-order valence-corrected chi connectivity index (χ1v) is 10.1. The summed E-state index contributed by atoms with van der Waals surface area (Å²) in [5.41, 5.74) is 7.95. The summed E-state index contributed by atoms with van der Waals surface area (Å²) in [5, 5.41) is 2.84. The number of nitrogens with one attached hydrogen (secondary N) is 1. The lowest BCUT2D eigenvalue weighted by atomic mass is 10.0. The van der Waals surface area contributed by atoms with E-state index in [2.05, 4.69) is 5.32 Å². The van der Waals surface area contributed by atoms with E-state index in [1.165, 1.54) is 26.4 Å². The van der Waals surface area contributed by atoms with Gasteiger partial charge in [-0.1, -0.05) is 32.0 Å². The summed E-state index contributed by atoms with van der Waals surface area (Å²) >= 11 is 0. The number of hydrogen-bond acceptors (Lipinski definition) is 7. The Kier molecular flexibility index (Phi) is 8.88. The van der Waals surface area contributed by atoms with Gasteiger partial charge in [0.1, 0.15) is 0 Å². The highest BCUT2D eigenvalue weighted by Gasteiger charge is 2.20. The van der Waals surface area contributed by atoms with Crippen molar-refractivity contribution in [3.8, 4) is 17.2 Å². The molecule has 2 aromatic rings. The van der Waals surface area contributed by atoms with Gasteiger partial charge in [-0.25, -0.2) is 4.79 Å². The van der Waals surface area contributed by atoms with Gasteiger partial charge < -0.3 is 30.0 Å². The second-order valence-electron chi connectivity index (χ2n) is 6.75. The molecule has 0 aliphatic carbocycles. The van der Waals surface area contributed by atoms with Crippen molar-refractivity contribution >= 4 is 23.5 Å². The molecule has 0 saturated heterocycles. The van der Waals surface area contributed by atoms with Crippen LogP contribution >= 0.6 is 0 Å². The summed E-state index contributed by atoms with van der Waals surface area (Å²) in [7, 11) is 2.73. The monoisotopic (exact) mass is 444 g/mol. The molecule has 9 heteroatoms. The van der Waals surface area contributed by atoms with Crippen LogP contribution in [0.5, 0.6) is 17.2 Å². The van der Waals surface area contributed by atoms with Crippen molar-refractivity contribution in [2.24, 2.45) is 5.73 Å². The normalized spacial score (nSPS) is 10.2. The Morgan fingerprint density at radius 2 is 1.50 bits per heavy atom. The van der Waals surface area contributed by atoms with E-state index in [1.807, 2.05) is 32.0 Å². The number of carbonyl (C=O) groups is 3. The lowest BCUT2D eigenvalue weighted by molar-refractivity contribution is -0.120. The molecule has 0 atom stereocenters. The first kappa shape index (κ1) is 24.5. The van der Waals surface area contributed by atoms with E-state index in [0.29, 0.717) is 0 Å². The minimum absolute atomic E-state index is 0.0844. The molecule has 0 radical (unpaired) electrons. The van der Waals surface area contributed by atoms with Crippen molar-refractivity contribution < 1.29 is 33.3 Å². The number of primary amides is 1. The topological polar surface area (TPSA) is 126 Å². The zero-order valence-corrected chi connectivity index (χ0v) is 18.7. The second-order valence-corrected chi connectivity index (χ2v) is 6.75. The van der Waals surface area contributed by atoms with Gasteiger partial charge in [0.2, 0.25) is 5.75 Å². The van der Waals surface area contributed by atoms with Crippen LogP contribution < -0.4 is 25.3 Å². The van der Waals surface area contributed by atoms with E-state index in [9.17, 15) is 14.4 Å². The highest BCUT2D eigenvalue weighted by molar-refractivity contribution is 5.97. The zero-order chi connectivity index (χ0) is 23.7. The molecule has 0 saturated carbocycles. The fourth-order valence-corrected chi connectivity index (χ4v) is 3.08. The maximum absolute atomic E-state index is 12.5. The van der Waals surface area contributed by atoms with Gasteiger partial charge in [0.15, 0.2) is 24.7 Å². The van der Waals surface area contributed by atoms with Gasteiger partial charge in [0.25, 0.3) is 11.8 Å². The molecule has 0 aliphatic heterocycles. The number of ether oxygens (including phenoxy) is 4. The maximum Gasteiger partial charge on any atom is 0.338 e. The number of benzene rings is 2. The van der Waals surface area contributed by atoms with Gasteiger partial charge in [-0.3, -0.25) is 9.59 Å². The smallest absolute Gasteiger partial charge is 0.338 e. The quantitative estimate of drug-likeness (QED) is 0.510. The predicted octanol–water partition coefficient (Wildman–Crippen LogP) is 2.49. The average molecular weight is 444 g/mol. The summed E-state index contributed by atoms with van der Waals surface area (Å²) < 4.78 is 20.9. The number of amides is 2. The molecule has 172 valence electrons. The number of esters is 1. The van der Waals surface area contributed by atoms with Crippen LogP contribution in [0.4, 0.5) is 5.69 Å². The molecule has 2 rings (SSSR count). The van der Waals surface area contributed by atoms with Crippen LogP contribution in [0, 0.1) is 0 Å². The van der Waals surface area contributed by atoms with Gasteiger partial charge in [-0.15, -0.1) is 0 Å². The molecule has 3 N–H and O–H groups in total. The highest BCUT2D eigenvalue weighted by atomic mass is 16.5. The molecule has 0 aromatic heterocycles. The fraction of sp³-hybridized carbons (Fsp3) is 0.348. The van der Waals surface area contributed by atoms with Crippen LogP contribution in [0.2, 0.25) is 0 Å². The van der Waals surface area contributed by atoms with Crippen LogP contribution in [0.25, 0.3) is 0 Å². The van der Waals surface area contributed by atoms with E-state index in [-0.39, 0.29) is 22.8 Å². The van der Waals surface area contributed by atoms with Gasteiger partial charge in [-0.05, 0) is 36.1 Å². The molecule has 0 bridgehead atoms. The molecular weight excluding hydrogens is 416 g/mol. The molecule has 2 aromatic carbocycles. The molecule has 9 nitrogen and oxygen atoms in total. The Hall–Kier alpha value is -3.75. The molecule has 32 heavy (non-hydrogen) atoms. The SMILES string of the molecule is CCc1cccc(CC)c1NC(=O)COC(=O)c1cc(OC)c(OCC(N)=O)c(OC)c1. The van der Waals surface area contributed by atoms with Crippen LogP contribution in [-0.4, -0.2) is 45.2 Å². The van der Waals surface area contributed by atoms with E-state index < -0.39 is 31.0 Å². The van der Waals surface area contributed by atoms with Gasteiger partial charge >= 0.3 is 5.97 Å². The standard InChI is InChI=1S/C23H28N2O7/c1-5-14-8-7-9-15(6-2)21(14)25-20(27)13-32-23(28)16-10-17(29-3)22(18(11-16)30-4)31-12-19(24)26/h7-11H,5-6,12-13H2,1-4H3,(H2,24,26)(H,25,27). The van der Waals surface area contributed by atoms with Gasteiger partial charge in [0.05, 0.1) is 19.8 Å². The Bertz CT molecular complexity index is 941. The number of rotatable bonds is 11. The van der Waals surface area contributed by atoms with Crippen molar-refractivity contribution in [1.82, 2.24) is 0 Å². The summed E-state index contributed by atoms with van der Waals surface area (Å²) in [6.45, 7) is 3.14. The summed E-state index contributed by atoms with van der Waals surface area (Å²) in [4.78, 5) is 36.0. The summed E-state index contributed by atoms with van der Waals surface area (Å²) in [5.74, 6) is -1.48. The molecule has 0 unspecified atom stereocenters. The van der Waals surface area contributed by atoms with E-state index in [0.717, 1.165) is 29.7 Å². The Balaban J connectivity index is 2.13. The Morgan fingerprint density at radius 1 is 0.938 bits per heavy atom. The highest BCUT2D eigenvalue weighted by Crippen LogP contribution is 2.38. The first-order valence-electron chi connectivity index (χ1n) is 10.1. The van der Waals surface area contributed by atoms with Crippen LogP contribution in [-0.2, 0) is 27.2 Å². The number of para-hydroxylation sites is 1. The molecule has 0 fully saturated rings. The zero-order valence-electron chi connectivity index (χ0n) is 18.7. The second kappa shape index (κ2) is 11.6. The lowest BCUT2D eigenvalue weighted by Crippen LogP contribution is -2.22. The third-order valence-corrected chi connectivity index (χ3v) is 4.65. The lowest BCUT2D eigenvalue weighted by Gasteiger charge is -2.16. The number of hydrogen-bond donors (Lipinski definition) is 2. The number of aryl methyl sites for hydroxylation is 2. The minimum atomic E-state index is -0.752. The Labute approximate surface area is 186 Å². The van der Waals surface area contributed by atoms with Crippen LogP contribution in [0.1, 0.15) is 35.3 Å². The van der Waals surface area contributed by atoms with Crippen molar-refractivity contribution in [1.29, 1.82) is 0 Å². The molecule has 2 amide bonds. The van der Waals surface area contributed by atoms with E-state index in [4.69, 9.17) is 24.7 Å². The number of nitrogens with two attached hydrogens (primary N) is 1. The van der Waals surface area contributed by atoms with Crippen molar-refractivity contribution in [3.63, 3.8) is 0 Å². The fourth-order valence-electron chi connectivity index (χ4n) is 3.08. The molecular formula is C23H28N2O7. The largest absolute Gasteiger partial charge is 0.493 e. The molecule has 0 aliphatic rings. The van der Waals surface area contributed by atoms with Gasteiger partial charge in [-0.2, -0.15) is 0 Å². The number of carbonyl (C=O) groups excluding carboxylic acids is 3. The van der Waals surface area contributed by atoms with E-state index >= 15 is 0 Å². The van der Waals surface area contributed by atoms with Crippen LogP contribution in [0.3, 0.4) is 0 Å².